The number of nitrogens with zero attached hydrogens (tertiary/aromatic N) is 4. The summed E-state index contributed by atoms with van der Waals surface area (Å²) in [4.78, 5) is 13.5. The highest BCUT2D eigenvalue weighted by Crippen LogP contribution is 2.31. The summed E-state index contributed by atoms with van der Waals surface area (Å²) < 4.78 is 45.6. The Hall–Kier alpha value is -3.66. The van der Waals surface area contributed by atoms with Crippen molar-refractivity contribution in [2.45, 2.75) is 45.1 Å². The smallest absolute Gasteiger partial charge is 0.229 e. The zero-order valence-corrected chi connectivity index (χ0v) is 22.4. The van der Waals surface area contributed by atoms with Crippen LogP contribution in [0.3, 0.4) is 0 Å². The summed E-state index contributed by atoms with van der Waals surface area (Å²) in [5.41, 5.74) is 5.54. The third kappa shape index (κ3) is 4.48. The molecule has 0 saturated carbocycles. The molecule has 0 aliphatic rings. The molecule has 0 spiro atoms. The molecule has 0 aliphatic heterocycles. The van der Waals surface area contributed by atoms with Crippen molar-refractivity contribution in [2.75, 3.05) is 21.3 Å². The molecule has 4 aromatic rings. The van der Waals surface area contributed by atoms with Gasteiger partial charge in [0.1, 0.15) is 23.0 Å². The normalized spacial score (nSPS) is 11.6. The van der Waals surface area contributed by atoms with Crippen LogP contribution < -0.4 is 14.2 Å². The van der Waals surface area contributed by atoms with Gasteiger partial charge in [0, 0.05) is 40.7 Å². The van der Waals surface area contributed by atoms with E-state index in [1.54, 1.807) is 56.5 Å². The van der Waals surface area contributed by atoms with E-state index in [2.05, 4.69) is 15.0 Å². The van der Waals surface area contributed by atoms with Crippen molar-refractivity contribution < 1.29 is 22.6 Å². The summed E-state index contributed by atoms with van der Waals surface area (Å²) in [5.74, 6) is 1.62. The van der Waals surface area contributed by atoms with Gasteiger partial charge in [-0.3, -0.25) is 9.97 Å². The Morgan fingerprint density at radius 1 is 0.833 bits per heavy atom. The Morgan fingerprint density at radius 2 is 1.42 bits per heavy atom. The summed E-state index contributed by atoms with van der Waals surface area (Å²) in [6.07, 6.45) is 3.35. The molecular formula is C26H30N4O5S. The molecule has 36 heavy (non-hydrogen) atoms. The molecule has 0 fully saturated rings. The minimum Gasteiger partial charge on any atom is -0.497 e. The van der Waals surface area contributed by atoms with Gasteiger partial charge < -0.3 is 18.8 Å². The molecule has 190 valence electrons. The van der Waals surface area contributed by atoms with E-state index in [4.69, 9.17) is 14.2 Å². The maximum Gasteiger partial charge on any atom is 0.229 e. The second kappa shape index (κ2) is 9.77. The predicted molar refractivity (Wildman–Crippen MR) is 137 cm³/mol. The van der Waals surface area contributed by atoms with Gasteiger partial charge >= 0.3 is 0 Å². The van der Waals surface area contributed by atoms with Crippen LogP contribution in [0.25, 0.3) is 11.0 Å². The first kappa shape index (κ1) is 25.4. The van der Waals surface area contributed by atoms with Crippen LogP contribution in [0.4, 0.5) is 0 Å². The molecule has 0 unspecified atom stereocenters. The fourth-order valence-electron chi connectivity index (χ4n) is 4.45. The van der Waals surface area contributed by atoms with Crippen molar-refractivity contribution in [3.05, 3.63) is 64.2 Å². The Kier molecular flexibility index (Phi) is 6.90. The van der Waals surface area contributed by atoms with Crippen LogP contribution in [-0.4, -0.2) is 49.3 Å². The van der Waals surface area contributed by atoms with Gasteiger partial charge in [-0.2, -0.15) is 0 Å². The average molecular weight is 511 g/mol. The van der Waals surface area contributed by atoms with Gasteiger partial charge in [0.15, 0.2) is 0 Å². The van der Waals surface area contributed by atoms with Crippen LogP contribution in [0.5, 0.6) is 17.2 Å². The van der Waals surface area contributed by atoms with Gasteiger partial charge in [0.25, 0.3) is 0 Å². The minimum atomic E-state index is -3.91. The molecule has 0 radical (unpaired) electrons. The number of hydrogen-bond acceptors (Lipinski definition) is 8. The van der Waals surface area contributed by atoms with Crippen molar-refractivity contribution in [1.82, 2.24) is 19.5 Å². The summed E-state index contributed by atoms with van der Waals surface area (Å²) in [7, 11) is 0.819. The van der Waals surface area contributed by atoms with Crippen molar-refractivity contribution in [3.63, 3.8) is 0 Å². The highest BCUT2D eigenvalue weighted by molar-refractivity contribution is 7.90. The topological polar surface area (TPSA) is 105 Å². The maximum atomic E-state index is 13.8. The third-order valence-corrected chi connectivity index (χ3v) is 7.85. The lowest BCUT2D eigenvalue weighted by Crippen LogP contribution is -2.16. The van der Waals surface area contributed by atoms with Crippen LogP contribution >= 0.6 is 0 Å². The first-order valence-electron chi connectivity index (χ1n) is 11.4. The van der Waals surface area contributed by atoms with E-state index >= 15 is 0 Å². The second-order valence-electron chi connectivity index (χ2n) is 8.69. The van der Waals surface area contributed by atoms with Crippen LogP contribution in [0.2, 0.25) is 0 Å². The number of benzene rings is 1. The molecule has 0 saturated heterocycles. The third-order valence-electron chi connectivity index (χ3n) is 6.33. The Labute approximate surface area is 211 Å². The monoisotopic (exact) mass is 510 g/mol. The molecule has 0 aliphatic carbocycles. The van der Waals surface area contributed by atoms with Gasteiger partial charge in [-0.05, 0) is 39.8 Å². The van der Waals surface area contributed by atoms with Gasteiger partial charge in [-0.25, -0.2) is 13.4 Å². The fraction of sp³-hybridized carbons (Fsp3) is 0.346. The quantitative estimate of drug-likeness (QED) is 0.349. The number of hydrogen-bond donors (Lipinski definition) is 0. The second-order valence-corrected chi connectivity index (χ2v) is 10.6. The lowest BCUT2D eigenvalue weighted by molar-refractivity contribution is 0.406. The zero-order valence-electron chi connectivity index (χ0n) is 21.5. The van der Waals surface area contributed by atoms with E-state index < -0.39 is 9.84 Å². The maximum absolute atomic E-state index is 13.8. The number of aryl methyl sites for hydroxylation is 2. The molecule has 3 aromatic heterocycles. The van der Waals surface area contributed by atoms with E-state index in [0.29, 0.717) is 39.5 Å². The van der Waals surface area contributed by atoms with E-state index in [1.165, 1.54) is 0 Å². The van der Waals surface area contributed by atoms with Gasteiger partial charge in [0.2, 0.25) is 15.0 Å². The molecule has 4 rings (SSSR count). The molecule has 0 bridgehead atoms. The first-order valence-corrected chi connectivity index (χ1v) is 13.0. The Bertz CT molecular complexity index is 1560. The number of aromatic nitrogens is 4. The van der Waals surface area contributed by atoms with Gasteiger partial charge in [0.05, 0.1) is 50.3 Å². The molecule has 10 heteroatoms. The van der Waals surface area contributed by atoms with Crippen molar-refractivity contribution in [1.29, 1.82) is 0 Å². The number of methoxy groups -OCH3 is 3. The van der Waals surface area contributed by atoms with E-state index in [1.807, 2.05) is 27.7 Å². The SMILES string of the molecule is COc1ccc2c(c1)nc(S(=O)(=O)Cc1ncc(C)c(OC)c1C)n2Cc1ncc(C)c(OC)c1C. The van der Waals surface area contributed by atoms with Crippen LogP contribution in [0, 0.1) is 27.7 Å². The largest absolute Gasteiger partial charge is 0.497 e. The number of sulfone groups is 1. The molecule has 0 atom stereocenters. The van der Waals surface area contributed by atoms with Crippen LogP contribution in [-0.2, 0) is 22.1 Å². The zero-order chi connectivity index (χ0) is 26.2. The summed E-state index contributed by atoms with van der Waals surface area (Å²) in [6.45, 7) is 7.71. The highest BCUT2D eigenvalue weighted by atomic mass is 32.2. The van der Waals surface area contributed by atoms with Gasteiger partial charge in [-0.1, -0.05) is 0 Å². The Balaban J connectivity index is 1.87. The molecule has 3 heterocycles. The first-order chi connectivity index (χ1) is 17.1. The fourth-order valence-corrected chi connectivity index (χ4v) is 5.96. The summed E-state index contributed by atoms with van der Waals surface area (Å²) >= 11 is 0. The number of pyridine rings is 2. The number of fused-ring (bicyclic) bond motifs is 1. The van der Waals surface area contributed by atoms with Crippen LogP contribution in [0.1, 0.15) is 33.6 Å². The van der Waals surface area contributed by atoms with E-state index in [0.717, 1.165) is 22.4 Å². The number of ether oxygens (including phenoxy) is 3. The lowest BCUT2D eigenvalue weighted by atomic mass is 10.1. The standard InChI is InChI=1S/C26H30N4O5S/c1-15-11-27-21(17(3)24(15)34-6)13-30-23-9-8-19(33-5)10-20(23)29-26(30)36(31,32)14-22-18(4)25(35-7)16(2)12-28-22/h8-12H,13-14H2,1-7H3. The minimum absolute atomic E-state index is 0.0627. The molecule has 0 amide bonds. The molecule has 9 nitrogen and oxygen atoms in total. The van der Waals surface area contributed by atoms with Gasteiger partial charge in [-0.15, -0.1) is 0 Å². The van der Waals surface area contributed by atoms with Crippen molar-refractivity contribution in [3.8, 4) is 17.2 Å². The Morgan fingerprint density at radius 3 is 2.00 bits per heavy atom. The average Bonchev–Trinajstić information content (AvgIpc) is 3.22. The molecule has 1 aromatic carbocycles. The number of rotatable bonds is 8. The van der Waals surface area contributed by atoms with E-state index in [-0.39, 0.29) is 17.5 Å². The van der Waals surface area contributed by atoms with Crippen LogP contribution in [0.15, 0.2) is 35.7 Å². The van der Waals surface area contributed by atoms with E-state index in [9.17, 15) is 8.42 Å². The molecule has 0 N–H and O–H groups in total. The summed E-state index contributed by atoms with van der Waals surface area (Å²) in [6, 6.07) is 5.31. The summed E-state index contributed by atoms with van der Waals surface area (Å²) in [5, 5.41) is -0.0627. The number of imidazole rings is 1. The van der Waals surface area contributed by atoms with Crippen molar-refractivity contribution >= 4 is 20.9 Å². The highest BCUT2D eigenvalue weighted by Gasteiger charge is 2.27. The molecular weight excluding hydrogens is 480 g/mol. The van der Waals surface area contributed by atoms with Crippen molar-refractivity contribution in [2.24, 2.45) is 0 Å². The predicted octanol–water partition coefficient (Wildman–Crippen LogP) is 4.11. The lowest BCUT2D eigenvalue weighted by Gasteiger charge is -2.15.